The predicted molar refractivity (Wildman–Crippen MR) is 110 cm³/mol. The molecule has 1 aromatic heterocycles. The lowest BCUT2D eigenvalue weighted by Gasteiger charge is -2.18. The van der Waals surface area contributed by atoms with Gasteiger partial charge >= 0.3 is 0 Å². The molecule has 1 fully saturated rings. The summed E-state index contributed by atoms with van der Waals surface area (Å²) in [5, 5.41) is 18.5. The van der Waals surface area contributed by atoms with E-state index in [-0.39, 0.29) is 17.9 Å². The lowest BCUT2D eigenvalue weighted by molar-refractivity contribution is -0.117. The molecule has 1 aromatic carbocycles. The number of hydrogen-bond donors (Lipinski definition) is 3. The number of hydrogen-bond acceptors (Lipinski definition) is 7. The number of aldehydes is 1. The van der Waals surface area contributed by atoms with Crippen LogP contribution in [0.1, 0.15) is 32.3 Å². The van der Waals surface area contributed by atoms with Crippen LogP contribution < -0.4 is 16.0 Å². The topological polar surface area (TPSA) is 120 Å². The Kier molecular flexibility index (Phi) is 6.52. The zero-order valence-corrected chi connectivity index (χ0v) is 16.5. The lowest BCUT2D eigenvalue weighted by atomic mass is 10.1. The maximum atomic E-state index is 11.8. The first-order chi connectivity index (χ1) is 14.0. The molecule has 8 nitrogen and oxygen atoms in total. The molecule has 1 saturated carbocycles. The van der Waals surface area contributed by atoms with Gasteiger partial charge in [-0.05, 0) is 25.0 Å². The van der Waals surface area contributed by atoms with Crippen molar-refractivity contribution >= 4 is 23.7 Å². The van der Waals surface area contributed by atoms with Crippen LogP contribution in [0.3, 0.4) is 0 Å². The molecule has 29 heavy (non-hydrogen) atoms. The van der Waals surface area contributed by atoms with Crippen molar-refractivity contribution in [3.63, 3.8) is 0 Å². The molecule has 0 aliphatic heterocycles. The van der Waals surface area contributed by atoms with Gasteiger partial charge in [-0.2, -0.15) is 5.26 Å². The van der Waals surface area contributed by atoms with E-state index in [9.17, 15) is 14.9 Å². The minimum absolute atomic E-state index is 0.0215. The SMILES string of the molecule is CC(C)NC[C@@H](C=O)Nc1cc(-c2cnc(NC(=O)C3CC3)cn2)ccc1C#N. The van der Waals surface area contributed by atoms with E-state index in [0.29, 0.717) is 29.3 Å². The largest absolute Gasteiger partial charge is 0.373 e. The summed E-state index contributed by atoms with van der Waals surface area (Å²) < 4.78 is 0. The summed E-state index contributed by atoms with van der Waals surface area (Å²) in [5.41, 5.74) is 2.34. The number of rotatable bonds is 9. The fourth-order valence-corrected chi connectivity index (χ4v) is 2.73. The highest BCUT2D eigenvalue weighted by Crippen LogP contribution is 2.30. The van der Waals surface area contributed by atoms with Gasteiger partial charge in [-0.25, -0.2) is 4.98 Å². The molecule has 1 amide bonds. The van der Waals surface area contributed by atoms with Crippen LogP contribution in [-0.2, 0) is 9.59 Å². The van der Waals surface area contributed by atoms with Crippen LogP contribution >= 0.6 is 0 Å². The van der Waals surface area contributed by atoms with Gasteiger partial charge in [0.2, 0.25) is 5.91 Å². The van der Waals surface area contributed by atoms with Crippen molar-refractivity contribution in [2.75, 3.05) is 17.2 Å². The highest BCUT2D eigenvalue weighted by Gasteiger charge is 2.29. The molecule has 1 aliphatic rings. The highest BCUT2D eigenvalue weighted by atomic mass is 16.2. The highest BCUT2D eigenvalue weighted by molar-refractivity contribution is 5.93. The molecule has 0 spiro atoms. The Morgan fingerprint density at radius 1 is 1.31 bits per heavy atom. The van der Waals surface area contributed by atoms with Gasteiger partial charge in [0.25, 0.3) is 0 Å². The molecule has 0 bridgehead atoms. The number of amides is 1. The van der Waals surface area contributed by atoms with Crippen molar-refractivity contribution in [1.82, 2.24) is 15.3 Å². The molecule has 8 heteroatoms. The van der Waals surface area contributed by atoms with Gasteiger partial charge < -0.3 is 20.7 Å². The van der Waals surface area contributed by atoms with E-state index < -0.39 is 6.04 Å². The van der Waals surface area contributed by atoms with Gasteiger partial charge in [0.05, 0.1) is 35.4 Å². The first-order valence-corrected chi connectivity index (χ1v) is 9.62. The number of nitrogens with zero attached hydrogens (tertiary/aromatic N) is 3. The molecule has 1 atom stereocenters. The third kappa shape index (κ3) is 5.59. The summed E-state index contributed by atoms with van der Waals surface area (Å²) >= 11 is 0. The number of carbonyl (C=O) groups excluding carboxylic acids is 2. The third-order valence-corrected chi connectivity index (χ3v) is 4.54. The average molecular weight is 392 g/mol. The molecule has 150 valence electrons. The molecule has 0 saturated heterocycles. The van der Waals surface area contributed by atoms with Crippen LogP contribution in [0.2, 0.25) is 0 Å². The lowest BCUT2D eigenvalue weighted by Crippen LogP contribution is -2.37. The second kappa shape index (κ2) is 9.26. The summed E-state index contributed by atoms with van der Waals surface area (Å²) in [6.07, 6.45) is 5.76. The fraction of sp³-hybridized carbons (Fsp3) is 0.381. The smallest absolute Gasteiger partial charge is 0.228 e. The van der Waals surface area contributed by atoms with Crippen molar-refractivity contribution in [2.45, 2.75) is 38.8 Å². The summed E-state index contributed by atoms with van der Waals surface area (Å²) in [5.74, 6) is 0.491. The standard InChI is InChI=1S/C21H24N6O2/c1-13(2)23-9-17(12-28)26-18-7-15(5-6-16(18)8-22)19-10-25-20(11-24-19)27-21(29)14-3-4-14/h5-7,10-14,17,23,26H,3-4,9H2,1-2H3,(H,25,27,29)/t17-/m0/s1. The first-order valence-electron chi connectivity index (χ1n) is 9.62. The minimum Gasteiger partial charge on any atom is -0.373 e. The van der Waals surface area contributed by atoms with Crippen LogP contribution in [0, 0.1) is 17.2 Å². The van der Waals surface area contributed by atoms with Crippen molar-refractivity contribution in [3.05, 3.63) is 36.2 Å². The second-order valence-electron chi connectivity index (χ2n) is 7.37. The van der Waals surface area contributed by atoms with Gasteiger partial charge in [0.15, 0.2) is 5.82 Å². The maximum absolute atomic E-state index is 11.8. The van der Waals surface area contributed by atoms with Crippen LogP contribution in [0.5, 0.6) is 0 Å². The van der Waals surface area contributed by atoms with Gasteiger partial charge in [-0.1, -0.05) is 19.9 Å². The van der Waals surface area contributed by atoms with E-state index >= 15 is 0 Å². The van der Waals surface area contributed by atoms with Gasteiger partial charge in [0.1, 0.15) is 12.4 Å². The van der Waals surface area contributed by atoms with E-state index in [1.54, 1.807) is 24.4 Å². The van der Waals surface area contributed by atoms with Gasteiger partial charge in [-0.3, -0.25) is 9.78 Å². The first kappa shape index (κ1) is 20.4. The Hall–Kier alpha value is -3.31. The Morgan fingerprint density at radius 2 is 2.10 bits per heavy atom. The number of nitriles is 1. The summed E-state index contributed by atoms with van der Waals surface area (Å²) in [7, 11) is 0. The summed E-state index contributed by atoms with van der Waals surface area (Å²) in [6, 6.07) is 7.14. The molecule has 2 aromatic rings. The normalized spacial score (nSPS) is 14.1. The van der Waals surface area contributed by atoms with E-state index in [1.165, 1.54) is 6.20 Å². The Morgan fingerprint density at radius 3 is 2.69 bits per heavy atom. The van der Waals surface area contributed by atoms with Gasteiger partial charge in [0, 0.05) is 24.1 Å². The Balaban J connectivity index is 1.75. The predicted octanol–water partition coefficient (Wildman–Crippen LogP) is 2.34. The van der Waals surface area contributed by atoms with Crippen molar-refractivity contribution < 1.29 is 9.59 Å². The average Bonchev–Trinajstić information content (AvgIpc) is 3.57. The van der Waals surface area contributed by atoms with Crippen molar-refractivity contribution in [2.24, 2.45) is 5.92 Å². The zero-order chi connectivity index (χ0) is 20.8. The molecule has 1 heterocycles. The fourth-order valence-electron chi connectivity index (χ4n) is 2.73. The Bertz CT molecular complexity index is 916. The quantitative estimate of drug-likeness (QED) is 0.560. The molecule has 1 aliphatic carbocycles. The van der Waals surface area contributed by atoms with E-state index in [0.717, 1.165) is 24.7 Å². The maximum Gasteiger partial charge on any atom is 0.228 e. The molecular formula is C21H24N6O2. The van der Waals surface area contributed by atoms with Gasteiger partial charge in [-0.15, -0.1) is 0 Å². The number of carbonyl (C=O) groups is 2. The van der Waals surface area contributed by atoms with Crippen LogP contribution in [-0.4, -0.2) is 40.8 Å². The molecule has 3 N–H and O–H groups in total. The van der Waals surface area contributed by atoms with Crippen molar-refractivity contribution in [1.29, 1.82) is 5.26 Å². The zero-order valence-electron chi connectivity index (χ0n) is 16.5. The number of anilines is 2. The molecule has 3 rings (SSSR count). The molecular weight excluding hydrogens is 368 g/mol. The second-order valence-corrected chi connectivity index (χ2v) is 7.37. The van der Waals surface area contributed by atoms with E-state index in [1.807, 2.05) is 13.8 Å². The minimum atomic E-state index is -0.467. The molecule has 0 unspecified atom stereocenters. The third-order valence-electron chi connectivity index (χ3n) is 4.54. The number of benzene rings is 1. The number of nitrogens with one attached hydrogen (secondary N) is 3. The Labute approximate surface area is 169 Å². The van der Waals surface area contributed by atoms with E-state index in [2.05, 4.69) is 32.0 Å². The van der Waals surface area contributed by atoms with Crippen LogP contribution in [0.15, 0.2) is 30.6 Å². The van der Waals surface area contributed by atoms with Crippen molar-refractivity contribution in [3.8, 4) is 17.3 Å². The summed E-state index contributed by atoms with van der Waals surface area (Å²) in [6.45, 7) is 4.45. The van der Waals surface area contributed by atoms with E-state index in [4.69, 9.17) is 0 Å². The molecule has 0 radical (unpaired) electrons. The monoisotopic (exact) mass is 392 g/mol. The summed E-state index contributed by atoms with van der Waals surface area (Å²) in [4.78, 5) is 31.9. The van der Waals surface area contributed by atoms with Crippen LogP contribution in [0.25, 0.3) is 11.3 Å². The number of aromatic nitrogens is 2. The van der Waals surface area contributed by atoms with Crippen LogP contribution in [0.4, 0.5) is 11.5 Å².